The minimum absolute atomic E-state index is 0.100. The number of nitrogens with one attached hydrogen (secondary N) is 2. The van der Waals surface area contributed by atoms with Gasteiger partial charge >= 0.3 is 0 Å². The Labute approximate surface area is 119 Å². The quantitative estimate of drug-likeness (QED) is 0.732. The van der Waals surface area contributed by atoms with Gasteiger partial charge in [-0.15, -0.1) is 0 Å². The lowest BCUT2D eigenvalue weighted by Gasteiger charge is -2.25. The maximum Gasteiger partial charge on any atom is 0.241 e. The first-order chi connectivity index (χ1) is 9.16. The number of rotatable bonds is 6. The molecule has 1 aromatic carbocycles. The van der Waals surface area contributed by atoms with Gasteiger partial charge in [0.05, 0.1) is 4.90 Å². The molecule has 0 atom stereocenters. The summed E-state index contributed by atoms with van der Waals surface area (Å²) in [5.74, 6) is -0.220. The summed E-state index contributed by atoms with van der Waals surface area (Å²) in [6.07, 6.45) is 0.316. The molecule has 0 bridgehead atoms. The Bertz CT molecular complexity index is 565. The van der Waals surface area contributed by atoms with Crippen molar-refractivity contribution in [3.63, 3.8) is 0 Å². The highest BCUT2D eigenvalue weighted by Gasteiger charge is 2.25. The number of aliphatic hydroxyl groups is 1. The van der Waals surface area contributed by atoms with Gasteiger partial charge in [0.1, 0.15) is 0 Å². The molecular formula is C13H20N2O4S. The van der Waals surface area contributed by atoms with Crippen molar-refractivity contribution in [1.29, 1.82) is 0 Å². The molecular weight excluding hydrogens is 280 g/mol. The highest BCUT2D eigenvalue weighted by Crippen LogP contribution is 2.17. The molecule has 0 heterocycles. The molecule has 7 heteroatoms. The van der Waals surface area contributed by atoms with Crippen LogP contribution in [0.1, 0.15) is 27.2 Å². The molecule has 0 saturated heterocycles. The van der Waals surface area contributed by atoms with Crippen LogP contribution in [0, 0.1) is 0 Å². The molecule has 0 aliphatic carbocycles. The van der Waals surface area contributed by atoms with E-state index in [4.69, 9.17) is 5.11 Å². The van der Waals surface area contributed by atoms with Crippen molar-refractivity contribution in [2.45, 2.75) is 37.6 Å². The summed E-state index contributed by atoms with van der Waals surface area (Å²) in [4.78, 5) is 11.0. The number of amides is 1. The van der Waals surface area contributed by atoms with E-state index < -0.39 is 15.6 Å². The molecule has 1 aromatic rings. The lowest BCUT2D eigenvalue weighted by Crippen LogP contribution is -2.43. The Hall–Kier alpha value is -1.44. The van der Waals surface area contributed by atoms with Gasteiger partial charge in [0.2, 0.25) is 15.9 Å². The number of anilines is 1. The van der Waals surface area contributed by atoms with Crippen molar-refractivity contribution in [2.24, 2.45) is 0 Å². The lowest BCUT2D eigenvalue weighted by atomic mass is 10.0. The summed E-state index contributed by atoms with van der Waals surface area (Å²) in [7, 11) is -3.66. The molecule has 0 aliphatic rings. The highest BCUT2D eigenvalue weighted by atomic mass is 32.2. The van der Waals surface area contributed by atoms with Crippen LogP contribution in [0.15, 0.2) is 29.2 Å². The van der Waals surface area contributed by atoms with E-state index in [-0.39, 0.29) is 17.4 Å². The molecule has 112 valence electrons. The summed E-state index contributed by atoms with van der Waals surface area (Å²) < 4.78 is 26.9. The predicted octanol–water partition coefficient (Wildman–Crippen LogP) is 1.08. The summed E-state index contributed by atoms with van der Waals surface area (Å²) >= 11 is 0. The van der Waals surface area contributed by atoms with Crippen LogP contribution in [0.2, 0.25) is 0 Å². The molecule has 1 rings (SSSR count). The van der Waals surface area contributed by atoms with Crippen molar-refractivity contribution < 1.29 is 18.3 Å². The van der Waals surface area contributed by atoms with Crippen LogP contribution in [-0.2, 0) is 14.8 Å². The van der Waals surface area contributed by atoms with E-state index in [9.17, 15) is 13.2 Å². The lowest BCUT2D eigenvalue weighted by molar-refractivity contribution is -0.114. The van der Waals surface area contributed by atoms with Gasteiger partial charge < -0.3 is 10.4 Å². The Kier molecular flexibility index (Phi) is 5.27. The number of carbonyl (C=O) groups excluding carboxylic acids is 1. The molecule has 0 unspecified atom stereocenters. The number of sulfonamides is 1. The standard InChI is InChI=1S/C13H20N2O4S/c1-10(17)14-11-4-6-12(7-5-11)20(18,19)15-13(2,3)8-9-16/h4-7,15-16H,8-9H2,1-3H3,(H,14,17). The van der Waals surface area contributed by atoms with Gasteiger partial charge in [0.25, 0.3) is 0 Å². The summed E-state index contributed by atoms with van der Waals surface area (Å²) in [5.41, 5.74) is -0.199. The molecule has 0 spiro atoms. The average Bonchev–Trinajstić information content (AvgIpc) is 2.27. The fourth-order valence-corrected chi connectivity index (χ4v) is 3.12. The van der Waals surface area contributed by atoms with E-state index in [0.29, 0.717) is 12.1 Å². The molecule has 0 saturated carbocycles. The maximum atomic E-state index is 12.2. The first-order valence-corrected chi connectivity index (χ1v) is 7.67. The first kappa shape index (κ1) is 16.6. The van der Waals surface area contributed by atoms with Crippen molar-refractivity contribution in [3.05, 3.63) is 24.3 Å². The van der Waals surface area contributed by atoms with E-state index in [1.54, 1.807) is 13.8 Å². The van der Waals surface area contributed by atoms with E-state index in [0.717, 1.165) is 0 Å². The molecule has 3 N–H and O–H groups in total. The zero-order valence-corrected chi connectivity index (χ0v) is 12.6. The molecule has 0 fully saturated rings. The van der Waals surface area contributed by atoms with Gasteiger partial charge in [-0.25, -0.2) is 13.1 Å². The Balaban J connectivity index is 2.90. The molecule has 1 amide bonds. The number of benzene rings is 1. The van der Waals surface area contributed by atoms with Crippen molar-refractivity contribution in [1.82, 2.24) is 4.72 Å². The number of carbonyl (C=O) groups is 1. The van der Waals surface area contributed by atoms with Gasteiger partial charge in [-0.2, -0.15) is 0 Å². The molecule has 0 aliphatic heterocycles. The molecule has 0 aromatic heterocycles. The Morgan fingerprint density at radius 3 is 2.25 bits per heavy atom. The van der Waals surface area contributed by atoms with Gasteiger partial charge in [0.15, 0.2) is 0 Å². The second-order valence-electron chi connectivity index (χ2n) is 5.17. The number of hydrogen-bond donors (Lipinski definition) is 3. The van der Waals surface area contributed by atoms with E-state index in [1.165, 1.54) is 31.2 Å². The zero-order chi connectivity index (χ0) is 15.4. The van der Waals surface area contributed by atoms with E-state index >= 15 is 0 Å². The second-order valence-corrected chi connectivity index (χ2v) is 6.85. The van der Waals surface area contributed by atoms with Gasteiger partial charge in [-0.05, 0) is 44.5 Å². The second kappa shape index (κ2) is 6.34. The zero-order valence-electron chi connectivity index (χ0n) is 11.8. The minimum Gasteiger partial charge on any atom is -0.396 e. The summed E-state index contributed by atoms with van der Waals surface area (Å²) in [6, 6.07) is 5.88. The van der Waals surface area contributed by atoms with Crippen LogP contribution in [0.4, 0.5) is 5.69 Å². The summed E-state index contributed by atoms with van der Waals surface area (Å²) in [6.45, 7) is 4.68. The number of hydrogen-bond acceptors (Lipinski definition) is 4. The fraction of sp³-hybridized carbons (Fsp3) is 0.462. The van der Waals surface area contributed by atoms with Crippen LogP contribution in [0.5, 0.6) is 0 Å². The Morgan fingerprint density at radius 2 is 1.80 bits per heavy atom. The third kappa shape index (κ3) is 4.92. The van der Waals surface area contributed by atoms with Gasteiger partial charge in [0, 0.05) is 24.8 Å². The van der Waals surface area contributed by atoms with Crippen LogP contribution >= 0.6 is 0 Å². The predicted molar refractivity (Wildman–Crippen MR) is 76.8 cm³/mol. The highest BCUT2D eigenvalue weighted by molar-refractivity contribution is 7.89. The monoisotopic (exact) mass is 300 g/mol. The van der Waals surface area contributed by atoms with Crippen LogP contribution in [-0.4, -0.2) is 31.6 Å². The van der Waals surface area contributed by atoms with Crippen molar-refractivity contribution >= 4 is 21.6 Å². The van der Waals surface area contributed by atoms with E-state index in [1.807, 2.05) is 0 Å². The number of aliphatic hydroxyl groups excluding tert-OH is 1. The largest absolute Gasteiger partial charge is 0.396 e. The fourth-order valence-electron chi connectivity index (χ4n) is 1.67. The van der Waals surface area contributed by atoms with Gasteiger partial charge in [-0.1, -0.05) is 0 Å². The van der Waals surface area contributed by atoms with E-state index in [2.05, 4.69) is 10.0 Å². The van der Waals surface area contributed by atoms with Crippen LogP contribution < -0.4 is 10.0 Å². The Morgan fingerprint density at radius 1 is 1.25 bits per heavy atom. The first-order valence-electron chi connectivity index (χ1n) is 6.19. The molecule has 0 radical (unpaired) electrons. The summed E-state index contributed by atoms with van der Waals surface area (Å²) in [5, 5.41) is 11.5. The minimum atomic E-state index is -3.66. The van der Waals surface area contributed by atoms with Crippen molar-refractivity contribution in [2.75, 3.05) is 11.9 Å². The smallest absolute Gasteiger partial charge is 0.241 e. The normalized spacial score (nSPS) is 12.2. The topological polar surface area (TPSA) is 95.5 Å². The maximum absolute atomic E-state index is 12.2. The van der Waals surface area contributed by atoms with Crippen LogP contribution in [0.3, 0.4) is 0 Å². The third-order valence-electron chi connectivity index (χ3n) is 2.63. The van der Waals surface area contributed by atoms with Crippen molar-refractivity contribution in [3.8, 4) is 0 Å². The van der Waals surface area contributed by atoms with Gasteiger partial charge in [-0.3, -0.25) is 4.79 Å². The molecule has 6 nitrogen and oxygen atoms in total. The SMILES string of the molecule is CC(=O)Nc1ccc(S(=O)(=O)NC(C)(C)CCO)cc1. The third-order valence-corrected chi connectivity index (χ3v) is 4.35. The van der Waals surface area contributed by atoms with Crippen LogP contribution in [0.25, 0.3) is 0 Å². The average molecular weight is 300 g/mol. The molecule has 20 heavy (non-hydrogen) atoms.